The molecule has 2 aromatic heterocycles. The first kappa shape index (κ1) is 13.8. The Morgan fingerprint density at radius 2 is 1.95 bits per heavy atom. The summed E-state index contributed by atoms with van der Waals surface area (Å²) in [5.74, 6) is 0. The van der Waals surface area contributed by atoms with Crippen molar-refractivity contribution in [1.29, 1.82) is 0 Å². The molecule has 0 aliphatic heterocycles. The van der Waals surface area contributed by atoms with Crippen LogP contribution in [-0.2, 0) is 6.54 Å². The summed E-state index contributed by atoms with van der Waals surface area (Å²) in [6.07, 6.45) is 3.75. The first-order chi connectivity index (χ1) is 10.3. The number of nitrogens with zero attached hydrogens (tertiary/aromatic N) is 3. The van der Waals surface area contributed by atoms with Gasteiger partial charge in [-0.15, -0.1) is 0 Å². The van der Waals surface area contributed by atoms with Crippen molar-refractivity contribution in [1.82, 2.24) is 20.1 Å². The lowest BCUT2D eigenvalue weighted by Crippen LogP contribution is -2.25. The van der Waals surface area contributed by atoms with Crippen LogP contribution in [-0.4, -0.2) is 21.3 Å². The van der Waals surface area contributed by atoms with Crippen LogP contribution in [0.15, 0.2) is 48.8 Å². The van der Waals surface area contributed by atoms with Crippen LogP contribution in [0.2, 0.25) is 0 Å². The molecule has 4 nitrogen and oxygen atoms in total. The van der Waals surface area contributed by atoms with Gasteiger partial charge in [0.25, 0.3) is 0 Å². The summed E-state index contributed by atoms with van der Waals surface area (Å²) >= 11 is 0. The molecule has 21 heavy (non-hydrogen) atoms. The molecule has 0 amide bonds. The molecule has 1 atom stereocenters. The van der Waals surface area contributed by atoms with E-state index in [1.54, 1.807) is 0 Å². The Labute approximate surface area is 124 Å². The van der Waals surface area contributed by atoms with Crippen LogP contribution in [0.5, 0.6) is 0 Å². The number of benzene rings is 1. The third-order valence-electron chi connectivity index (χ3n) is 3.75. The van der Waals surface area contributed by atoms with Gasteiger partial charge in [0.15, 0.2) is 0 Å². The van der Waals surface area contributed by atoms with Crippen LogP contribution < -0.4 is 5.32 Å². The third kappa shape index (κ3) is 2.54. The Balaban J connectivity index is 2.16. The maximum Gasteiger partial charge on any atom is 0.0755 e. The second-order valence-corrected chi connectivity index (χ2v) is 4.98. The van der Waals surface area contributed by atoms with Crippen LogP contribution in [0.25, 0.3) is 10.9 Å². The van der Waals surface area contributed by atoms with E-state index in [0.717, 1.165) is 18.6 Å². The summed E-state index contributed by atoms with van der Waals surface area (Å²) in [7, 11) is 0. The Morgan fingerprint density at radius 3 is 2.76 bits per heavy atom. The summed E-state index contributed by atoms with van der Waals surface area (Å²) in [4.78, 5) is 4.46. The van der Waals surface area contributed by atoms with Crippen molar-refractivity contribution in [3.63, 3.8) is 0 Å². The van der Waals surface area contributed by atoms with Gasteiger partial charge in [-0.25, -0.2) is 0 Å². The number of rotatable bonds is 5. The molecule has 4 heteroatoms. The predicted molar refractivity (Wildman–Crippen MR) is 85.2 cm³/mol. The van der Waals surface area contributed by atoms with Gasteiger partial charge >= 0.3 is 0 Å². The van der Waals surface area contributed by atoms with Gasteiger partial charge in [-0.3, -0.25) is 9.67 Å². The second-order valence-electron chi connectivity index (χ2n) is 4.98. The molecule has 0 fully saturated rings. The average Bonchev–Trinajstić information content (AvgIpc) is 3.00. The zero-order chi connectivity index (χ0) is 14.7. The minimum absolute atomic E-state index is 0.130. The topological polar surface area (TPSA) is 42.7 Å². The lowest BCUT2D eigenvalue weighted by Gasteiger charge is -2.21. The largest absolute Gasteiger partial charge is 0.305 e. The number of aryl methyl sites for hydroxylation is 1. The molecule has 2 heterocycles. The Morgan fingerprint density at radius 1 is 1.10 bits per heavy atom. The fraction of sp³-hybridized carbons (Fsp3) is 0.294. The predicted octanol–water partition coefficient (Wildman–Crippen LogP) is 3.15. The molecular formula is C17H20N4. The second kappa shape index (κ2) is 6.06. The summed E-state index contributed by atoms with van der Waals surface area (Å²) in [5, 5.41) is 9.17. The van der Waals surface area contributed by atoms with E-state index in [1.807, 2.05) is 23.1 Å². The summed E-state index contributed by atoms with van der Waals surface area (Å²) < 4.78 is 2.04. The molecule has 3 rings (SSSR count). The molecule has 1 unspecified atom stereocenters. The van der Waals surface area contributed by atoms with Crippen LogP contribution in [0.1, 0.15) is 31.1 Å². The van der Waals surface area contributed by atoms with Crippen molar-refractivity contribution < 1.29 is 0 Å². The van der Waals surface area contributed by atoms with E-state index in [-0.39, 0.29) is 6.04 Å². The zero-order valence-corrected chi connectivity index (χ0v) is 12.5. The number of fused-ring (bicyclic) bond motifs is 1. The van der Waals surface area contributed by atoms with Crippen LogP contribution in [0, 0.1) is 0 Å². The zero-order valence-electron chi connectivity index (χ0n) is 12.5. The molecular weight excluding hydrogens is 260 g/mol. The summed E-state index contributed by atoms with van der Waals surface area (Å²) in [6, 6.07) is 12.6. The van der Waals surface area contributed by atoms with E-state index in [4.69, 9.17) is 0 Å². The van der Waals surface area contributed by atoms with Gasteiger partial charge in [0, 0.05) is 24.3 Å². The quantitative estimate of drug-likeness (QED) is 0.780. The number of hydrogen-bond donors (Lipinski definition) is 1. The van der Waals surface area contributed by atoms with E-state index < -0.39 is 0 Å². The normalized spacial score (nSPS) is 12.7. The van der Waals surface area contributed by atoms with Crippen molar-refractivity contribution in [2.24, 2.45) is 0 Å². The smallest absolute Gasteiger partial charge is 0.0755 e. The van der Waals surface area contributed by atoms with Crippen molar-refractivity contribution in [3.05, 3.63) is 60.0 Å². The highest BCUT2D eigenvalue weighted by molar-refractivity contribution is 5.82. The van der Waals surface area contributed by atoms with Gasteiger partial charge < -0.3 is 5.32 Å². The molecule has 3 aromatic rings. The standard InChI is InChI=1S/C17H20N4/c1-3-18-17(16-10-12-20-21(16)4-2)14-9-11-19-15-8-6-5-7-13(14)15/h5-12,17-18H,3-4H2,1-2H3. The molecule has 0 aliphatic carbocycles. The number of aromatic nitrogens is 3. The molecule has 0 saturated heterocycles. The first-order valence-corrected chi connectivity index (χ1v) is 7.43. The molecule has 1 aromatic carbocycles. The monoisotopic (exact) mass is 280 g/mol. The van der Waals surface area contributed by atoms with Crippen molar-refractivity contribution in [2.75, 3.05) is 6.54 Å². The third-order valence-corrected chi connectivity index (χ3v) is 3.75. The Kier molecular flexibility index (Phi) is 3.97. The molecule has 0 aliphatic rings. The highest BCUT2D eigenvalue weighted by atomic mass is 15.3. The number of para-hydroxylation sites is 1. The maximum atomic E-state index is 4.46. The molecule has 0 radical (unpaired) electrons. The van der Waals surface area contributed by atoms with E-state index in [9.17, 15) is 0 Å². The average molecular weight is 280 g/mol. The molecule has 0 saturated carbocycles. The maximum absolute atomic E-state index is 4.46. The van der Waals surface area contributed by atoms with E-state index in [2.05, 4.69) is 59.6 Å². The number of pyridine rings is 1. The number of hydrogen-bond acceptors (Lipinski definition) is 3. The number of nitrogens with one attached hydrogen (secondary N) is 1. The van der Waals surface area contributed by atoms with E-state index >= 15 is 0 Å². The molecule has 0 spiro atoms. The molecule has 1 N–H and O–H groups in total. The molecule has 108 valence electrons. The van der Waals surface area contributed by atoms with Gasteiger partial charge in [-0.05, 0) is 37.2 Å². The lowest BCUT2D eigenvalue weighted by molar-refractivity contribution is 0.544. The van der Waals surface area contributed by atoms with Gasteiger partial charge in [-0.1, -0.05) is 25.1 Å². The van der Waals surface area contributed by atoms with Gasteiger partial charge in [-0.2, -0.15) is 5.10 Å². The Hall–Kier alpha value is -2.20. The summed E-state index contributed by atoms with van der Waals surface area (Å²) in [6.45, 7) is 6.01. The van der Waals surface area contributed by atoms with Crippen LogP contribution >= 0.6 is 0 Å². The lowest BCUT2D eigenvalue weighted by atomic mass is 9.99. The van der Waals surface area contributed by atoms with Crippen molar-refractivity contribution >= 4 is 10.9 Å². The first-order valence-electron chi connectivity index (χ1n) is 7.43. The van der Waals surface area contributed by atoms with Crippen LogP contribution in [0.4, 0.5) is 0 Å². The van der Waals surface area contributed by atoms with Gasteiger partial charge in [0.1, 0.15) is 0 Å². The SMILES string of the molecule is CCNC(c1ccnc2ccccc12)c1ccnn1CC. The minimum Gasteiger partial charge on any atom is -0.305 e. The van der Waals surface area contributed by atoms with E-state index in [1.165, 1.54) is 16.6 Å². The van der Waals surface area contributed by atoms with Crippen molar-refractivity contribution in [3.8, 4) is 0 Å². The van der Waals surface area contributed by atoms with Gasteiger partial charge in [0.2, 0.25) is 0 Å². The highest BCUT2D eigenvalue weighted by Gasteiger charge is 2.19. The summed E-state index contributed by atoms with van der Waals surface area (Å²) in [5.41, 5.74) is 3.47. The van der Waals surface area contributed by atoms with Crippen LogP contribution in [0.3, 0.4) is 0 Å². The molecule has 0 bridgehead atoms. The van der Waals surface area contributed by atoms with E-state index in [0.29, 0.717) is 0 Å². The van der Waals surface area contributed by atoms with Crippen molar-refractivity contribution in [2.45, 2.75) is 26.4 Å². The van der Waals surface area contributed by atoms with Gasteiger partial charge in [0.05, 0.1) is 17.3 Å². The highest BCUT2D eigenvalue weighted by Crippen LogP contribution is 2.27. The Bertz CT molecular complexity index is 727. The fourth-order valence-corrected chi connectivity index (χ4v) is 2.80. The fourth-order valence-electron chi connectivity index (χ4n) is 2.80. The minimum atomic E-state index is 0.130.